The van der Waals surface area contributed by atoms with E-state index in [1.807, 2.05) is 12.1 Å². The zero-order valence-electron chi connectivity index (χ0n) is 10.9. The molecule has 2 rings (SSSR count). The third-order valence-corrected chi connectivity index (χ3v) is 3.72. The van der Waals surface area contributed by atoms with E-state index in [0.29, 0.717) is 18.9 Å². The SMILES string of the molecule is CC(CN)(NC(=O)CCc1ccncc1)C1CC1. The summed E-state index contributed by atoms with van der Waals surface area (Å²) < 4.78 is 0. The van der Waals surface area contributed by atoms with Crippen LogP contribution in [0.4, 0.5) is 0 Å². The van der Waals surface area contributed by atoms with Gasteiger partial charge in [-0.3, -0.25) is 9.78 Å². The fourth-order valence-corrected chi connectivity index (χ4v) is 2.23. The third-order valence-electron chi connectivity index (χ3n) is 3.72. The molecule has 98 valence electrons. The number of nitrogens with zero attached hydrogens (tertiary/aromatic N) is 1. The van der Waals surface area contributed by atoms with E-state index in [4.69, 9.17) is 5.73 Å². The van der Waals surface area contributed by atoms with Gasteiger partial charge in [-0.15, -0.1) is 0 Å². The van der Waals surface area contributed by atoms with Crippen molar-refractivity contribution in [3.05, 3.63) is 30.1 Å². The van der Waals surface area contributed by atoms with Gasteiger partial charge in [-0.1, -0.05) is 0 Å². The molecule has 4 nitrogen and oxygen atoms in total. The first-order valence-corrected chi connectivity index (χ1v) is 6.54. The molecular formula is C14H21N3O. The summed E-state index contributed by atoms with van der Waals surface area (Å²) >= 11 is 0. The van der Waals surface area contributed by atoms with Gasteiger partial charge in [0, 0.05) is 25.4 Å². The normalized spacial score (nSPS) is 18.1. The average molecular weight is 247 g/mol. The molecule has 1 unspecified atom stereocenters. The first kappa shape index (κ1) is 13.0. The summed E-state index contributed by atoms with van der Waals surface area (Å²) in [5, 5.41) is 3.10. The van der Waals surface area contributed by atoms with E-state index in [-0.39, 0.29) is 11.4 Å². The summed E-state index contributed by atoms with van der Waals surface area (Å²) in [6, 6.07) is 3.88. The second-order valence-electron chi connectivity index (χ2n) is 5.30. The molecule has 1 aromatic rings. The summed E-state index contributed by atoms with van der Waals surface area (Å²) in [6.07, 6.45) is 7.12. The highest BCUT2D eigenvalue weighted by atomic mass is 16.1. The van der Waals surface area contributed by atoms with Crippen molar-refractivity contribution in [3.8, 4) is 0 Å². The Kier molecular flexibility index (Phi) is 3.97. The van der Waals surface area contributed by atoms with Gasteiger partial charge in [0.1, 0.15) is 0 Å². The van der Waals surface area contributed by atoms with Crippen molar-refractivity contribution in [2.24, 2.45) is 11.7 Å². The lowest BCUT2D eigenvalue weighted by atomic mass is 9.95. The lowest BCUT2D eigenvalue weighted by Crippen LogP contribution is -2.53. The average Bonchev–Trinajstić information content (AvgIpc) is 3.22. The Balaban J connectivity index is 1.81. The Morgan fingerprint density at radius 2 is 2.17 bits per heavy atom. The molecule has 0 aromatic carbocycles. The maximum Gasteiger partial charge on any atom is 0.220 e. The molecule has 3 N–H and O–H groups in total. The van der Waals surface area contributed by atoms with Crippen molar-refractivity contribution in [1.29, 1.82) is 0 Å². The van der Waals surface area contributed by atoms with Crippen LogP contribution in [0, 0.1) is 5.92 Å². The lowest BCUT2D eigenvalue weighted by Gasteiger charge is -2.29. The van der Waals surface area contributed by atoms with Crippen LogP contribution in [0.25, 0.3) is 0 Å². The first-order valence-electron chi connectivity index (χ1n) is 6.54. The van der Waals surface area contributed by atoms with Crippen molar-refractivity contribution in [2.45, 2.75) is 38.1 Å². The smallest absolute Gasteiger partial charge is 0.220 e. The number of pyridine rings is 1. The van der Waals surface area contributed by atoms with Crippen LogP contribution in [0.2, 0.25) is 0 Å². The monoisotopic (exact) mass is 247 g/mol. The predicted molar refractivity (Wildman–Crippen MR) is 70.9 cm³/mol. The molecule has 1 aliphatic rings. The van der Waals surface area contributed by atoms with Gasteiger partial charge in [0.2, 0.25) is 5.91 Å². The molecule has 0 bridgehead atoms. The molecule has 1 aromatic heterocycles. The van der Waals surface area contributed by atoms with Crippen LogP contribution in [-0.4, -0.2) is 23.0 Å². The van der Waals surface area contributed by atoms with Crippen molar-refractivity contribution in [1.82, 2.24) is 10.3 Å². The minimum Gasteiger partial charge on any atom is -0.349 e. The molecule has 18 heavy (non-hydrogen) atoms. The van der Waals surface area contributed by atoms with E-state index in [2.05, 4.69) is 17.2 Å². The first-order chi connectivity index (χ1) is 8.64. The number of aromatic nitrogens is 1. The van der Waals surface area contributed by atoms with Crippen LogP contribution < -0.4 is 11.1 Å². The van der Waals surface area contributed by atoms with Crippen molar-refractivity contribution < 1.29 is 4.79 Å². The van der Waals surface area contributed by atoms with Crippen molar-refractivity contribution in [3.63, 3.8) is 0 Å². The second-order valence-corrected chi connectivity index (χ2v) is 5.30. The standard InChI is InChI=1S/C14H21N3O/c1-14(10-15,12-3-4-12)17-13(18)5-2-11-6-8-16-9-7-11/h6-9,12H,2-5,10,15H2,1H3,(H,17,18). The van der Waals surface area contributed by atoms with E-state index in [0.717, 1.165) is 12.0 Å². The van der Waals surface area contributed by atoms with Crippen molar-refractivity contribution >= 4 is 5.91 Å². The summed E-state index contributed by atoms with van der Waals surface area (Å²) in [4.78, 5) is 15.9. The number of nitrogens with one attached hydrogen (secondary N) is 1. The van der Waals surface area contributed by atoms with E-state index in [1.54, 1.807) is 12.4 Å². The molecule has 0 aliphatic heterocycles. The predicted octanol–water partition coefficient (Wildman–Crippen LogP) is 1.26. The number of nitrogens with two attached hydrogens (primary N) is 1. The molecule has 4 heteroatoms. The molecule has 1 saturated carbocycles. The maximum absolute atomic E-state index is 11.9. The molecule has 0 spiro atoms. The summed E-state index contributed by atoms with van der Waals surface area (Å²) in [5.41, 5.74) is 6.71. The molecule has 1 atom stereocenters. The fourth-order valence-electron chi connectivity index (χ4n) is 2.23. The zero-order chi connectivity index (χ0) is 13.0. The van der Waals surface area contributed by atoms with Crippen molar-refractivity contribution in [2.75, 3.05) is 6.54 Å². The molecule has 1 heterocycles. The largest absolute Gasteiger partial charge is 0.349 e. The Bertz CT molecular complexity index is 403. The Morgan fingerprint density at radius 3 is 2.72 bits per heavy atom. The Labute approximate surface area is 108 Å². The van der Waals surface area contributed by atoms with Gasteiger partial charge in [0.05, 0.1) is 5.54 Å². The van der Waals surface area contributed by atoms with Crippen LogP contribution in [0.1, 0.15) is 31.7 Å². The summed E-state index contributed by atoms with van der Waals surface area (Å²) in [5.74, 6) is 0.652. The maximum atomic E-state index is 11.9. The van der Waals surface area contributed by atoms with Gasteiger partial charge in [-0.05, 0) is 49.8 Å². The molecular weight excluding hydrogens is 226 g/mol. The van der Waals surface area contributed by atoms with E-state index in [1.165, 1.54) is 12.8 Å². The molecule has 0 radical (unpaired) electrons. The van der Waals surface area contributed by atoms with Crippen LogP contribution in [0.15, 0.2) is 24.5 Å². The van der Waals surface area contributed by atoms with Gasteiger partial charge in [0.25, 0.3) is 0 Å². The number of carbonyl (C=O) groups is 1. The van der Waals surface area contributed by atoms with Gasteiger partial charge in [0.15, 0.2) is 0 Å². The van der Waals surface area contributed by atoms with Crippen LogP contribution in [-0.2, 0) is 11.2 Å². The van der Waals surface area contributed by atoms with Crippen LogP contribution in [0.5, 0.6) is 0 Å². The van der Waals surface area contributed by atoms with E-state index < -0.39 is 0 Å². The summed E-state index contributed by atoms with van der Waals surface area (Å²) in [6.45, 7) is 2.56. The van der Waals surface area contributed by atoms with Gasteiger partial charge in [-0.25, -0.2) is 0 Å². The highest BCUT2D eigenvalue weighted by Crippen LogP contribution is 2.38. The number of hydrogen-bond acceptors (Lipinski definition) is 3. The Morgan fingerprint density at radius 1 is 1.50 bits per heavy atom. The van der Waals surface area contributed by atoms with E-state index >= 15 is 0 Å². The number of carbonyl (C=O) groups excluding carboxylic acids is 1. The topological polar surface area (TPSA) is 68.0 Å². The molecule has 1 fully saturated rings. The number of hydrogen-bond donors (Lipinski definition) is 2. The molecule has 1 amide bonds. The third kappa shape index (κ3) is 3.29. The number of aryl methyl sites for hydroxylation is 1. The number of amides is 1. The van der Waals surface area contributed by atoms with Gasteiger partial charge >= 0.3 is 0 Å². The molecule has 0 saturated heterocycles. The van der Waals surface area contributed by atoms with E-state index in [9.17, 15) is 4.79 Å². The minimum atomic E-state index is -0.213. The highest BCUT2D eigenvalue weighted by Gasteiger charge is 2.41. The van der Waals surface area contributed by atoms with Crippen LogP contribution >= 0.6 is 0 Å². The molecule has 1 aliphatic carbocycles. The quantitative estimate of drug-likeness (QED) is 0.795. The van der Waals surface area contributed by atoms with Crippen LogP contribution in [0.3, 0.4) is 0 Å². The van der Waals surface area contributed by atoms with Gasteiger partial charge in [-0.2, -0.15) is 0 Å². The lowest BCUT2D eigenvalue weighted by molar-refractivity contribution is -0.123. The highest BCUT2D eigenvalue weighted by molar-refractivity contribution is 5.77. The Hall–Kier alpha value is -1.42. The minimum absolute atomic E-state index is 0.0895. The zero-order valence-corrected chi connectivity index (χ0v) is 10.9. The summed E-state index contributed by atoms with van der Waals surface area (Å²) in [7, 11) is 0. The number of rotatable bonds is 6. The fraction of sp³-hybridized carbons (Fsp3) is 0.571. The van der Waals surface area contributed by atoms with Gasteiger partial charge < -0.3 is 11.1 Å². The second kappa shape index (κ2) is 5.48.